The molecule has 0 saturated heterocycles. The predicted molar refractivity (Wildman–Crippen MR) is 97.9 cm³/mol. The summed E-state index contributed by atoms with van der Waals surface area (Å²) in [6.07, 6.45) is 2.71. The first-order valence-electron chi connectivity index (χ1n) is 6.87. The van der Waals surface area contributed by atoms with Gasteiger partial charge in [0, 0.05) is 10.0 Å². The lowest BCUT2D eigenvalue weighted by molar-refractivity contribution is 0.481. The monoisotopic (exact) mass is 386 g/mol. The molecule has 3 rings (SSSR count). The number of benzene rings is 2. The van der Waals surface area contributed by atoms with E-state index in [1.165, 1.54) is 24.5 Å². The number of halogens is 2. The van der Waals surface area contributed by atoms with E-state index in [0.29, 0.717) is 26.9 Å². The number of hydrogen-bond acceptors (Lipinski definition) is 5. The van der Waals surface area contributed by atoms with Crippen LogP contribution >= 0.6 is 15.9 Å². The Balaban J connectivity index is 2.15. The van der Waals surface area contributed by atoms with E-state index >= 15 is 0 Å². The minimum Gasteiger partial charge on any atom is -0.507 e. The molecular formula is C17H12BrFN4O. The number of rotatable bonds is 4. The molecule has 7 heteroatoms. The van der Waals surface area contributed by atoms with Gasteiger partial charge < -0.3 is 10.4 Å². The number of fused-ring (bicyclic) bond motifs is 1. The van der Waals surface area contributed by atoms with Gasteiger partial charge in [-0.3, -0.25) is 4.99 Å². The van der Waals surface area contributed by atoms with Crippen molar-refractivity contribution in [3.8, 4) is 5.75 Å². The molecule has 0 spiro atoms. The summed E-state index contributed by atoms with van der Waals surface area (Å²) in [6.45, 7) is 7.01. The van der Waals surface area contributed by atoms with Crippen LogP contribution in [0.25, 0.3) is 17.0 Å². The van der Waals surface area contributed by atoms with Crippen LogP contribution in [0.2, 0.25) is 0 Å². The van der Waals surface area contributed by atoms with Crippen LogP contribution in [0.3, 0.4) is 0 Å². The summed E-state index contributed by atoms with van der Waals surface area (Å²) in [7, 11) is 0. The van der Waals surface area contributed by atoms with E-state index in [9.17, 15) is 9.50 Å². The number of nitrogens with zero attached hydrogens (tertiary/aromatic N) is 3. The zero-order valence-electron chi connectivity index (χ0n) is 12.4. The molecule has 0 amide bonds. The van der Waals surface area contributed by atoms with E-state index < -0.39 is 5.82 Å². The van der Waals surface area contributed by atoms with E-state index in [2.05, 4.69) is 49.5 Å². The van der Waals surface area contributed by atoms with Crippen molar-refractivity contribution in [2.45, 2.75) is 0 Å². The van der Waals surface area contributed by atoms with Gasteiger partial charge in [0.05, 0.1) is 22.3 Å². The molecule has 5 nitrogen and oxygen atoms in total. The third kappa shape index (κ3) is 2.74. The molecule has 0 fully saturated rings. The molecule has 24 heavy (non-hydrogen) atoms. The Morgan fingerprint density at radius 3 is 2.79 bits per heavy atom. The Bertz CT molecular complexity index is 974. The van der Waals surface area contributed by atoms with Gasteiger partial charge in [0.25, 0.3) is 0 Å². The van der Waals surface area contributed by atoms with Gasteiger partial charge in [-0.15, -0.1) is 0 Å². The summed E-state index contributed by atoms with van der Waals surface area (Å²) in [5.74, 6) is -0.257. The maximum absolute atomic E-state index is 14.6. The third-order valence-electron chi connectivity index (χ3n) is 3.47. The quantitative estimate of drug-likeness (QED) is 0.621. The Morgan fingerprint density at radius 1 is 1.29 bits per heavy atom. The maximum atomic E-state index is 14.6. The highest BCUT2D eigenvalue weighted by Crippen LogP contribution is 2.35. The van der Waals surface area contributed by atoms with E-state index in [4.69, 9.17) is 0 Å². The number of anilines is 2. The largest absolute Gasteiger partial charge is 0.507 e. The molecule has 1 aromatic heterocycles. The summed E-state index contributed by atoms with van der Waals surface area (Å²) in [5.41, 5.74) is 1.33. The molecule has 120 valence electrons. The zero-order valence-corrected chi connectivity index (χ0v) is 14.0. The number of aromatic nitrogens is 2. The Labute approximate surface area is 145 Å². The van der Waals surface area contributed by atoms with Crippen LogP contribution in [0, 0.1) is 5.82 Å². The lowest BCUT2D eigenvalue weighted by Gasteiger charge is -2.12. The molecule has 3 aromatic rings. The fraction of sp³-hybridized carbons (Fsp3) is 0. The van der Waals surface area contributed by atoms with Gasteiger partial charge in [-0.2, -0.15) is 0 Å². The lowest BCUT2D eigenvalue weighted by Crippen LogP contribution is -2.00. The number of nitrogens with one attached hydrogen (secondary N) is 1. The predicted octanol–water partition coefficient (Wildman–Crippen LogP) is 4.96. The molecular weight excluding hydrogens is 375 g/mol. The van der Waals surface area contributed by atoms with E-state index in [-0.39, 0.29) is 17.0 Å². The molecule has 0 aliphatic heterocycles. The molecule has 0 saturated carbocycles. The van der Waals surface area contributed by atoms with Crippen molar-refractivity contribution in [3.63, 3.8) is 0 Å². The van der Waals surface area contributed by atoms with Crippen molar-refractivity contribution >= 4 is 56.8 Å². The first-order valence-corrected chi connectivity index (χ1v) is 7.66. The summed E-state index contributed by atoms with van der Waals surface area (Å²) in [6, 6.07) is 6.40. The average Bonchev–Trinajstić information content (AvgIpc) is 2.56. The van der Waals surface area contributed by atoms with Crippen LogP contribution in [-0.4, -0.2) is 21.8 Å². The average molecular weight is 387 g/mol. The van der Waals surface area contributed by atoms with E-state index in [1.54, 1.807) is 12.1 Å². The van der Waals surface area contributed by atoms with Crippen LogP contribution in [0.1, 0.15) is 5.56 Å². The van der Waals surface area contributed by atoms with Crippen LogP contribution in [-0.2, 0) is 0 Å². The molecule has 0 bridgehead atoms. The van der Waals surface area contributed by atoms with Gasteiger partial charge in [-0.05, 0) is 31.0 Å². The van der Waals surface area contributed by atoms with Gasteiger partial charge >= 0.3 is 0 Å². The van der Waals surface area contributed by atoms with Crippen LogP contribution in [0.4, 0.5) is 21.6 Å². The van der Waals surface area contributed by atoms with E-state index in [0.717, 1.165) is 0 Å². The SMILES string of the molecule is C=Cc1c(N=C)ccc(Nc2ncnc3cc(Br)cc(O)c23)c1F. The number of aliphatic imine (C=N–C) groups is 1. The first kappa shape index (κ1) is 16.1. The topological polar surface area (TPSA) is 70.4 Å². The van der Waals surface area contributed by atoms with E-state index in [1.807, 2.05) is 0 Å². The van der Waals surface area contributed by atoms with Crippen molar-refractivity contribution in [2.75, 3.05) is 5.32 Å². The van der Waals surface area contributed by atoms with Gasteiger partial charge in [-0.1, -0.05) is 28.6 Å². The maximum Gasteiger partial charge on any atom is 0.156 e. The summed E-state index contributed by atoms with van der Waals surface area (Å²) < 4.78 is 15.3. The van der Waals surface area contributed by atoms with Crippen molar-refractivity contribution in [3.05, 3.63) is 53.0 Å². The molecule has 0 atom stereocenters. The lowest BCUT2D eigenvalue weighted by atomic mass is 10.1. The minimum atomic E-state index is -0.529. The van der Waals surface area contributed by atoms with Gasteiger partial charge in [0.1, 0.15) is 17.9 Å². The Hall–Kier alpha value is -2.80. The molecule has 0 aliphatic rings. The molecule has 0 radical (unpaired) electrons. The molecule has 0 aliphatic carbocycles. The third-order valence-corrected chi connectivity index (χ3v) is 3.92. The van der Waals surface area contributed by atoms with Crippen LogP contribution in [0.15, 0.2) is 46.6 Å². The van der Waals surface area contributed by atoms with Gasteiger partial charge in [0.15, 0.2) is 5.82 Å². The Morgan fingerprint density at radius 2 is 2.08 bits per heavy atom. The number of phenolic OH excluding ortho intramolecular Hbond substituents is 1. The highest BCUT2D eigenvalue weighted by atomic mass is 79.9. The fourth-order valence-corrected chi connectivity index (χ4v) is 2.80. The fourth-order valence-electron chi connectivity index (χ4n) is 2.37. The summed E-state index contributed by atoms with van der Waals surface area (Å²) >= 11 is 3.29. The zero-order chi connectivity index (χ0) is 17.3. The Kier molecular flexibility index (Phi) is 4.26. The van der Waals surface area contributed by atoms with Crippen LogP contribution < -0.4 is 5.32 Å². The van der Waals surface area contributed by atoms with Crippen molar-refractivity contribution in [1.82, 2.24) is 9.97 Å². The van der Waals surface area contributed by atoms with Gasteiger partial charge in [0.2, 0.25) is 0 Å². The summed E-state index contributed by atoms with van der Waals surface area (Å²) in [4.78, 5) is 12.0. The number of aromatic hydroxyl groups is 1. The van der Waals surface area contributed by atoms with Crippen molar-refractivity contribution in [1.29, 1.82) is 0 Å². The number of phenols is 1. The first-order chi connectivity index (χ1) is 11.5. The smallest absolute Gasteiger partial charge is 0.156 e. The molecule has 2 aromatic carbocycles. The molecule has 2 N–H and O–H groups in total. The number of hydrogen-bond donors (Lipinski definition) is 2. The second-order valence-electron chi connectivity index (χ2n) is 4.89. The highest BCUT2D eigenvalue weighted by Gasteiger charge is 2.14. The van der Waals surface area contributed by atoms with Crippen molar-refractivity contribution < 1.29 is 9.50 Å². The highest BCUT2D eigenvalue weighted by molar-refractivity contribution is 9.10. The van der Waals surface area contributed by atoms with Crippen molar-refractivity contribution in [2.24, 2.45) is 4.99 Å². The molecule has 0 unspecified atom stereocenters. The van der Waals surface area contributed by atoms with Gasteiger partial charge in [-0.25, -0.2) is 14.4 Å². The standard InChI is InChI=1S/C17H12BrFN4O/c1-3-10-11(20-2)4-5-12(16(10)19)23-17-15-13(21-8-22-17)6-9(18)7-14(15)24/h3-8,24H,1-2H2,(H,21,22,23). The molecule has 1 heterocycles. The summed E-state index contributed by atoms with van der Waals surface area (Å²) in [5, 5.41) is 13.5. The second-order valence-corrected chi connectivity index (χ2v) is 5.80. The second kappa shape index (κ2) is 6.37. The van der Waals surface area contributed by atoms with Crippen LogP contribution in [0.5, 0.6) is 5.75 Å². The minimum absolute atomic E-state index is 0.0174. The normalized spacial score (nSPS) is 10.6.